The molecule has 0 unspecified atom stereocenters. The van der Waals surface area contributed by atoms with Crippen molar-refractivity contribution < 1.29 is 4.79 Å². The molecule has 152 valence electrons. The highest BCUT2D eigenvalue weighted by Crippen LogP contribution is 2.42. The van der Waals surface area contributed by atoms with Crippen molar-refractivity contribution in [2.75, 3.05) is 19.6 Å². The Kier molecular flexibility index (Phi) is 4.55. The zero-order chi connectivity index (χ0) is 20.0. The van der Waals surface area contributed by atoms with Gasteiger partial charge in [0.25, 0.3) is 0 Å². The average molecular weight is 411 g/mol. The van der Waals surface area contributed by atoms with Crippen LogP contribution in [0.5, 0.6) is 0 Å². The Morgan fingerprint density at radius 1 is 1.21 bits per heavy atom. The molecule has 1 spiro atoms. The van der Waals surface area contributed by atoms with E-state index in [9.17, 15) is 4.79 Å². The Labute approximate surface area is 174 Å². The molecule has 0 saturated carbocycles. The summed E-state index contributed by atoms with van der Waals surface area (Å²) in [5.74, 6) is 1.18. The lowest BCUT2D eigenvalue weighted by Gasteiger charge is -2.50. The van der Waals surface area contributed by atoms with Crippen molar-refractivity contribution in [3.63, 3.8) is 0 Å². The van der Waals surface area contributed by atoms with E-state index in [1.54, 1.807) is 18.3 Å². The maximum atomic E-state index is 12.6. The molecule has 29 heavy (non-hydrogen) atoms. The summed E-state index contributed by atoms with van der Waals surface area (Å²) < 4.78 is 4.13. The van der Waals surface area contributed by atoms with E-state index in [2.05, 4.69) is 36.3 Å². The second-order valence-electron chi connectivity index (χ2n) is 8.13. The molecule has 0 radical (unpaired) electrons. The summed E-state index contributed by atoms with van der Waals surface area (Å²) in [6.07, 6.45) is 7.70. The van der Waals surface area contributed by atoms with Crippen LogP contribution in [0.15, 0.2) is 35.4 Å². The zero-order valence-electron chi connectivity index (χ0n) is 16.9. The van der Waals surface area contributed by atoms with E-state index in [-0.39, 0.29) is 11.4 Å². The maximum Gasteiger partial charge on any atom is 0.220 e. The first-order valence-corrected chi connectivity index (χ1v) is 11.1. The van der Waals surface area contributed by atoms with Crippen LogP contribution in [0.3, 0.4) is 0 Å². The van der Waals surface area contributed by atoms with Crippen molar-refractivity contribution in [1.29, 1.82) is 0 Å². The number of carbonyl (C=O) groups is 1. The highest BCUT2D eigenvalue weighted by atomic mass is 32.1. The molecule has 1 saturated heterocycles. The van der Waals surface area contributed by atoms with Gasteiger partial charge in [-0.2, -0.15) is 16.4 Å². The molecule has 8 heteroatoms. The van der Waals surface area contributed by atoms with Crippen LogP contribution >= 0.6 is 11.3 Å². The zero-order valence-corrected chi connectivity index (χ0v) is 17.7. The van der Waals surface area contributed by atoms with Gasteiger partial charge < -0.3 is 9.47 Å². The molecular weight excluding hydrogens is 384 g/mol. The van der Waals surface area contributed by atoms with Crippen molar-refractivity contribution in [3.8, 4) is 11.3 Å². The molecule has 1 fully saturated rings. The summed E-state index contributed by atoms with van der Waals surface area (Å²) in [6, 6.07) is 2.20. The number of aryl methyl sites for hydroxylation is 1. The lowest BCUT2D eigenvalue weighted by molar-refractivity contribution is -0.141. The Morgan fingerprint density at radius 3 is 2.69 bits per heavy atom. The third kappa shape index (κ3) is 3.11. The van der Waals surface area contributed by atoms with Crippen molar-refractivity contribution in [1.82, 2.24) is 29.1 Å². The van der Waals surface area contributed by atoms with Gasteiger partial charge in [0.2, 0.25) is 5.91 Å². The van der Waals surface area contributed by atoms with Crippen LogP contribution in [0.1, 0.15) is 31.2 Å². The monoisotopic (exact) mass is 410 g/mol. The molecule has 3 aromatic rings. The predicted octanol–water partition coefficient (Wildman–Crippen LogP) is 2.70. The number of amides is 1. The number of hydrogen-bond donors (Lipinski definition) is 0. The number of fused-ring (bicyclic) bond motifs is 2. The quantitative estimate of drug-likeness (QED) is 0.666. The molecule has 0 aromatic carbocycles. The highest BCUT2D eigenvalue weighted by Gasteiger charge is 2.48. The van der Waals surface area contributed by atoms with Gasteiger partial charge >= 0.3 is 0 Å². The third-order valence-corrected chi connectivity index (χ3v) is 7.12. The minimum Gasteiger partial charge on any atom is -0.328 e. The van der Waals surface area contributed by atoms with E-state index in [4.69, 9.17) is 4.98 Å². The van der Waals surface area contributed by atoms with Crippen LogP contribution in [0.2, 0.25) is 0 Å². The fraction of sp³-hybridized carbons (Fsp3) is 0.476. The van der Waals surface area contributed by atoms with E-state index in [0.717, 1.165) is 62.6 Å². The first-order chi connectivity index (χ1) is 14.1. The normalized spacial score (nSPS) is 18.9. The molecule has 0 bridgehead atoms. The second kappa shape index (κ2) is 7.11. The predicted molar refractivity (Wildman–Crippen MR) is 112 cm³/mol. The number of hydrogen-bond acceptors (Lipinski definition) is 5. The SMILES string of the molecule is CC(=O)N1CCn2c(-c3cnn(C)c3)cnc2C12CCN(Cc1ccsc1)CC2. The van der Waals surface area contributed by atoms with E-state index >= 15 is 0 Å². The van der Waals surface area contributed by atoms with Crippen LogP contribution in [0, 0.1) is 0 Å². The van der Waals surface area contributed by atoms with Crippen LogP contribution in [0.25, 0.3) is 11.3 Å². The van der Waals surface area contributed by atoms with Crippen LogP contribution in [-0.4, -0.2) is 54.7 Å². The number of imidazole rings is 1. The molecule has 5 rings (SSSR count). The van der Waals surface area contributed by atoms with Gasteiger partial charge in [-0.25, -0.2) is 4.98 Å². The number of rotatable bonds is 3. The van der Waals surface area contributed by atoms with E-state index in [0.29, 0.717) is 0 Å². The smallest absolute Gasteiger partial charge is 0.220 e. The molecule has 1 amide bonds. The molecule has 5 heterocycles. The number of aromatic nitrogens is 4. The summed E-state index contributed by atoms with van der Waals surface area (Å²) in [7, 11) is 1.93. The lowest BCUT2D eigenvalue weighted by Crippen LogP contribution is -2.59. The van der Waals surface area contributed by atoms with Crippen molar-refractivity contribution >= 4 is 17.2 Å². The molecule has 0 aliphatic carbocycles. The Balaban J connectivity index is 1.46. The first-order valence-electron chi connectivity index (χ1n) is 10.1. The number of thiophene rings is 1. The van der Waals surface area contributed by atoms with Gasteiger partial charge in [0.15, 0.2) is 0 Å². The molecule has 7 nitrogen and oxygen atoms in total. The van der Waals surface area contributed by atoms with Crippen molar-refractivity contribution in [3.05, 3.63) is 46.8 Å². The number of piperidine rings is 1. The summed E-state index contributed by atoms with van der Waals surface area (Å²) in [5, 5.41) is 8.68. The molecule has 2 aliphatic heterocycles. The van der Waals surface area contributed by atoms with Crippen molar-refractivity contribution in [2.24, 2.45) is 7.05 Å². The van der Waals surface area contributed by atoms with Gasteiger partial charge in [0, 0.05) is 58.5 Å². The summed E-state index contributed by atoms with van der Waals surface area (Å²) >= 11 is 1.75. The fourth-order valence-corrected chi connectivity index (χ4v) is 5.63. The van der Waals surface area contributed by atoms with E-state index in [1.165, 1.54) is 5.56 Å². The molecular formula is C21H26N6OS. The summed E-state index contributed by atoms with van der Waals surface area (Å²) in [4.78, 5) is 22.0. The third-order valence-electron chi connectivity index (χ3n) is 6.39. The van der Waals surface area contributed by atoms with Crippen LogP contribution in [-0.2, 0) is 30.5 Å². The van der Waals surface area contributed by atoms with Crippen LogP contribution in [0.4, 0.5) is 0 Å². The van der Waals surface area contributed by atoms with Gasteiger partial charge in [-0.15, -0.1) is 0 Å². The minimum absolute atomic E-state index is 0.147. The minimum atomic E-state index is -0.310. The fourth-order valence-electron chi connectivity index (χ4n) is 4.97. The average Bonchev–Trinajstić information content (AvgIpc) is 3.44. The van der Waals surface area contributed by atoms with Gasteiger partial charge in [0.05, 0.1) is 18.1 Å². The first kappa shape index (κ1) is 18.6. The standard InChI is InChI=1S/C21H26N6OS/c1-16(28)27-9-8-26-19(18-11-23-24(2)14-18)12-22-20(26)21(27)4-6-25(7-5-21)13-17-3-10-29-15-17/h3,10-12,14-15H,4-9,13H2,1-2H3. The van der Waals surface area contributed by atoms with E-state index < -0.39 is 0 Å². The molecule has 0 atom stereocenters. The number of nitrogens with zero attached hydrogens (tertiary/aromatic N) is 6. The molecule has 0 N–H and O–H groups in total. The van der Waals surface area contributed by atoms with Crippen LogP contribution < -0.4 is 0 Å². The lowest BCUT2D eigenvalue weighted by atomic mass is 9.83. The largest absolute Gasteiger partial charge is 0.328 e. The van der Waals surface area contributed by atoms with Crippen molar-refractivity contribution in [2.45, 2.75) is 38.4 Å². The van der Waals surface area contributed by atoms with E-state index in [1.807, 2.05) is 30.3 Å². The Bertz CT molecular complexity index is 1010. The Morgan fingerprint density at radius 2 is 2.03 bits per heavy atom. The summed E-state index contributed by atoms with van der Waals surface area (Å²) in [5.41, 5.74) is 3.23. The maximum absolute atomic E-state index is 12.6. The van der Waals surface area contributed by atoms with Gasteiger partial charge in [-0.1, -0.05) is 0 Å². The Hall–Kier alpha value is -2.45. The second-order valence-corrected chi connectivity index (χ2v) is 8.91. The number of likely N-dealkylation sites (tertiary alicyclic amines) is 1. The molecule has 3 aromatic heterocycles. The highest BCUT2D eigenvalue weighted by molar-refractivity contribution is 7.07. The number of carbonyl (C=O) groups excluding carboxylic acids is 1. The summed E-state index contributed by atoms with van der Waals surface area (Å²) in [6.45, 7) is 6.12. The van der Waals surface area contributed by atoms with Gasteiger partial charge in [-0.3, -0.25) is 14.4 Å². The van der Waals surface area contributed by atoms with Gasteiger partial charge in [0.1, 0.15) is 11.4 Å². The topological polar surface area (TPSA) is 59.2 Å². The molecule has 2 aliphatic rings. The van der Waals surface area contributed by atoms with Gasteiger partial charge in [-0.05, 0) is 35.2 Å².